The number of nitrogens with one attached hydrogen (secondary N) is 2. The molecule has 0 fully saturated rings. The Bertz CT molecular complexity index is 1340. The fraction of sp³-hybridized carbons (Fsp3) is 0.0455. The van der Waals surface area contributed by atoms with E-state index in [4.69, 9.17) is 0 Å². The first kappa shape index (κ1) is 22.6. The Hall–Kier alpha value is -4.61. The molecule has 4 aromatic rings. The molecule has 34 heavy (non-hydrogen) atoms. The first-order valence-electron chi connectivity index (χ1n) is 9.64. The Morgan fingerprint density at radius 2 is 1.47 bits per heavy atom. The summed E-state index contributed by atoms with van der Waals surface area (Å²) in [6, 6.07) is 12.9. The van der Waals surface area contributed by atoms with E-state index in [9.17, 15) is 27.2 Å². The van der Waals surface area contributed by atoms with E-state index in [0.29, 0.717) is 15.9 Å². The van der Waals surface area contributed by atoms with E-state index in [2.05, 4.69) is 25.9 Å². The molecule has 0 aliphatic heterocycles. The molecule has 0 aliphatic carbocycles. The number of alkyl halides is 3. The third kappa shape index (κ3) is 4.90. The SMILES string of the molecule is O=C(Nc1cccc(NC(=O)c2nnn(-c3ccc(F)cc3)c2C(F)(F)F)c1)c1ccncc1. The van der Waals surface area contributed by atoms with E-state index in [-0.39, 0.29) is 11.4 Å². The van der Waals surface area contributed by atoms with Crippen molar-refractivity contribution in [3.63, 3.8) is 0 Å². The van der Waals surface area contributed by atoms with E-state index in [0.717, 1.165) is 24.3 Å². The lowest BCUT2D eigenvalue weighted by Gasteiger charge is -2.12. The quantitative estimate of drug-likeness (QED) is 0.423. The molecule has 2 amide bonds. The Kier molecular flexibility index (Phi) is 6.04. The van der Waals surface area contributed by atoms with Crippen LogP contribution in [-0.4, -0.2) is 31.8 Å². The summed E-state index contributed by atoms with van der Waals surface area (Å²) in [5.41, 5.74) is -1.76. The zero-order valence-corrected chi connectivity index (χ0v) is 17.0. The van der Waals surface area contributed by atoms with Gasteiger partial charge in [-0.15, -0.1) is 5.10 Å². The van der Waals surface area contributed by atoms with Crippen LogP contribution in [0.25, 0.3) is 5.69 Å². The number of nitrogens with zero attached hydrogens (tertiary/aromatic N) is 4. The molecule has 2 aromatic carbocycles. The van der Waals surface area contributed by atoms with Gasteiger partial charge in [-0.3, -0.25) is 14.6 Å². The summed E-state index contributed by atoms with van der Waals surface area (Å²) >= 11 is 0. The standard InChI is InChI=1S/C22H14F4N6O2/c23-14-4-6-17(7-5-14)32-19(22(24,25)26)18(30-31-32)21(34)29-16-3-1-2-15(12-16)28-20(33)13-8-10-27-11-9-13/h1-12H,(H,28,33)(H,29,34). The van der Waals surface area contributed by atoms with Crippen LogP contribution in [0.3, 0.4) is 0 Å². The smallest absolute Gasteiger partial charge is 0.322 e. The largest absolute Gasteiger partial charge is 0.435 e. The molecule has 0 spiro atoms. The number of carbonyl (C=O) groups is 2. The van der Waals surface area contributed by atoms with Gasteiger partial charge < -0.3 is 10.6 Å². The molecule has 172 valence electrons. The van der Waals surface area contributed by atoms with Crippen LogP contribution in [0, 0.1) is 5.82 Å². The summed E-state index contributed by atoms with van der Waals surface area (Å²) in [6.07, 6.45) is -2.09. The van der Waals surface area contributed by atoms with E-state index in [1.54, 1.807) is 6.07 Å². The molecule has 0 unspecified atom stereocenters. The summed E-state index contributed by atoms with van der Waals surface area (Å²) in [4.78, 5) is 28.8. The van der Waals surface area contributed by atoms with Crippen LogP contribution >= 0.6 is 0 Å². The molecule has 0 saturated heterocycles. The minimum absolute atomic E-state index is 0.113. The summed E-state index contributed by atoms with van der Waals surface area (Å²) in [5.74, 6) is -2.25. The number of aromatic nitrogens is 4. The van der Waals surface area contributed by atoms with Crippen molar-refractivity contribution < 1.29 is 27.2 Å². The molecular weight excluding hydrogens is 456 g/mol. The molecule has 8 nitrogen and oxygen atoms in total. The van der Waals surface area contributed by atoms with Gasteiger partial charge in [0.05, 0.1) is 5.69 Å². The second kappa shape index (κ2) is 9.10. The first-order chi connectivity index (χ1) is 16.2. The second-order valence-electron chi connectivity index (χ2n) is 6.90. The van der Waals surface area contributed by atoms with Crippen molar-refractivity contribution in [2.45, 2.75) is 6.18 Å². The van der Waals surface area contributed by atoms with Gasteiger partial charge in [0.1, 0.15) is 5.82 Å². The maximum atomic E-state index is 13.8. The van der Waals surface area contributed by atoms with Crippen LogP contribution in [0.1, 0.15) is 26.5 Å². The zero-order chi connectivity index (χ0) is 24.3. The minimum atomic E-state index is -4.98. The van der Waals surface area contributed by atoms with Crippen LogP contribution < -0.4 is 10.6 Å². The lowest BCUT2D eigenvalue weighted by Crippen LogP contribution is -2.21. The van der Waals surface area contributed by atoms with Gasteiger partial charge in [0.15, 0.2) is 11.4 Å². The highest BCUT2D eigenvalue weighted by Gasteiger charge is 2.42. The van der Waals surface area contributed by atoms with E-state index >= 15 is 0 Å². The van der Waals surface area contributed by atoms with E-state index in [1.807, 2.05) is 0 Å². The second-order valence-corrected chi connectivity index (χ2v) is 6.90. The zero-order valence-electron chi connectivity index (χ0n) is 17.0. The van der Waals surface area contributed by atoms with Crippen LogP contribution in [0.5, 0.6) is 0 Å². The number of hydrogen-bond donors (Lipinski definition) is 2. The Balaban J connectivity index is 1.58. The molecule has 0 saturated carbocycles. The predicted molar refractivity (Wildman–Crippen MR) is 113 cm³/mol. The average Bonchev–Trinajstić information content (AvgIpc) is 3.26. The summed E-state index contributed by atoms with van der Waals surface area (Å²) in [7, 11) is 0. The van der Waals surface area contributed by atoms with Gasteiger partial charge in [-0.1, -0.05) is 11.3 Å². The molecule has 2 aromatic heterocycles. The highest BCUT2D eigenvalue weighted by atomic mass is 19.4. The van der Waals surface area contributed by atoms with Gasteiger partial charge in [-0.2, -0.15) is 13.2 Å². The molecule has 0 bridgehead atoms. The van der Waals surface area contributed by atoms with E-state index in [1.165, 1.54) is 42.7 Å². The van der Waals surface area contributed by atoms with Crippen LogP contribution in [0.15, 0.2) is 73.1 Å². The van der Waals surface area contributed by atoms with Gasteiger partial charge in [0.2, 0.25) is 0 Å². The van der Waals surface area contributed by atoms with Gasteiger partial charge in [0.25, 0.3) is 11.8 Å². The fourth-order valence-corrected chi connectivity index (χ4v) is 3.02. The average molecular weight is 470 g/mol. The maximum Gasteiger partial charge on any atom is 0.435 e. The maximum absolute atomic E-state index is 13.8. The summed E-state index contributed by atoms with van der Waals surface area (Å²) in [6.45, 7) is 0. The molecule has 2 heterocycles. The third-order valence-electron chi connectivity index (χ3n) is 4.55. The highest BCUT2D eigenvalue weighted by Crippen LogP contribution is 2.33. The number of anilines is 2. The van der Waals surface area contributed by atoms with Crippen LogP contribution in [0.4, 0.5) is 28.9 Å². The molecule has 12 heteroatoms. The first-order valence-corrected chi connectivity index (χ1v) is 9.64. The van der Waals surface area contributed by atoms with Crippen molar-refractivity contribution in [3.8, 4) is 5.69 Å². The minimum Gasteiger partial charge on any atom is -0.322 e. The van der Waals surface area contributed by atoms with Gasteiger partial charge in [-0.05, 0) is 54.6 Å². The molecule has 0 radical (unpaired) electrons. The molecule has 0 aliphatic rings. The van der Waals surface area contributed by atoms with E-state index < -0.39 is 35.2 Å². The van der Waals surface area contributed by atoms with Crippen molar-refractivity contribution in [2.24, 2.45) is 0 Å². The lowest BCUT2D eigenvalue weighted by atomic mass is 10.2. The van der Waals surface area contributed by atoms with Gasteiger partial charge >= 0.3 is 6.18 Å². The normalized spacial score (nSPS) is 11.2. The fourth-order valence-electron chi connectivity index (χ4n) is 3.02. The van der Waals surface area contributed by atoms with Crippen molar-refractivity contribution in [2.75, 3.05) is 10.6 Å². The Morgan fingerprint density at radius 3 is 2.09 bits per heavy atom. The number of amides is 2. The third-order valence-corrected chi connectivity index (χ3v) is 4.55. The summed E-state index contributed by atoms with van der Waals surface area (Å²) < 4.78 is 54.9. The van der Waals surface area contributed by atoms with Crippen molar-refractivity contribution >= 4 is 23.2 Å². The number of pyridine rings is 1. The Morgan fingerprint density at radius 1 is 0.853 bits per heavy atom. The molecular formula is C22H14F4N6O2. The Labute approximate surface area is 189 Å². The lowest BCUT2D eigenvalue weighted by molar-refractivity contribution is -0.143. The highest BCUT2D eigenvalue weighted by molar-refractivity contribution is 6.06. The van der Waals surface area contributed by atoms with Crippen molar-refractivity contribution in [1.29, 1.82) is 0 Å². The van der Waals surface area contributed by atoms with Crippen LogP contribution in [0.2, 0.25) is 0 Å². The topological polar surface area (TPSA) is 102 Å². The summed E-state index contributed by atoms with van der Waals surface area (Å²) in [5, 5.41) is 11.8. The number of hydrogen-bond acceptors (Lipinski definition) is 5. The number of carbonyl (C=O) groups excluding carboxylic acids is 2. The van der Waals surface area contributed by atoms with Crippen LogP contribution in [-0.2, 0) is 6.18 Å². The van der Waals surface area contributed by atoms with Gasteiger partial charge in [0, 0.05) is 29.3 Å². The monoisotopic (exact) mass is 470 g/mol. The van der Waals surface area contributed by atoms with Gasteiger partial charge in [-0.25, -0.2) is 9.07 Å². The van der Waals surface area contributed by atoms with Crippen molar-refractivity contribution in [1.82, 2.24) is 20.0 Å². The molecule has 2 N–H and O–H groups in total. The van der Waals surface area contributed by atoms with Crippen molar-refractivity contribution in [3.05, 3.63) is 95.8 Å². The molecule has 4 rings (SSSR count). The predicted octanol–water partition coefficient (Wildman–Crippen LogP) is 4.32. The number of rotatable bonds is 5. The number of benzene rings is 2. The number of halogens is 4. The molecule has 0 atom stereocenters.